The van der Waals surface area contributed by atoms with Gasteiger partial charge in [-0.2, -0.15) is 0 Å². The van der Waals surface area contributed by atoms with Crippen molar-refractivity contribution in [3.8, 4) is 22.5 Å². The van der Waals surface area contributed by atoms with Crippen molar-refractivity contribution >= 4 is 29.5 Å². The number of rotatable bonds is 5. The molecule has 1 spiro atoms. The molecule has 35 heavy (non-hydrogen) atoms. The lowest BCUT2D eigenvalue weighted by Crippen LogP contribution is -2.69. The van der Waals surface area contributed by atoms with Crippen molar-refractivity contribution in [1.29, 1.82) is 0 Å². The van der Waals surface area contributed by atoms with Crippen LogP contribution in [0.3, 0.4) is 0 Å². The van der Waals surface area contributed by atoms with Crippen LogP contribution in [0.1, 0.15) is 32.1 Å². The third-order valence-electron chi connectivity index (χ3n) is 6.56. The van der Waals surface area contributed by atoms with E-state index in [-0.39, 0.29) is 24.1 Å². The third-order valence-corrected chi connectivity index (χ3v) is 7.38. The molecule has 9 heteroatoms. The van der Waals surface area contributed by atoms with Crippen molar-refractivity contribution in [2.45, 2.75) is 42.8 Å². The van der Waals surface area contributed by atoms with Crippen LogP contribution in [0.25, 0.3) is 22.5 Å². The Morgan fingerprint density at radius 3 is 2.17 bits per heavy atom. The molecule has 0 atom stereocenters. The lowest BCUT2D eigenvalue weighted by Gasteiger charge is -2.47. The number of aromatic nitrogens is 3. The predicted molar refractivity (Wildman–Crippen MR) is 132 cm³/mol. The minimum Gasteiger partial charge on any atom is -0.318 e. The third kappa shape index (κ3) is 4.68. The molecule has 2 heterocycles. The standard InChI is InChI=1S/C26H25N5O3S/c32-20-16-31(26(24(34)27-20)14-8-3-9-15-26)21(33)17-35-25-28-22(18-10-4-1-5-11-18)23(29-30-25)19-12-6-2-7-13-19/h1-2,4-7,10-13H,3,8-9,14-17H2,(H,27,32,34). The molecule has 0 radical (unpaired) electrons. The minimum atomic E-state index is -0.935. The smallest absolute Gasteiger partial charge is 0.252 e. The zero-order chi connectivity index (χ0) is 24.3. The molecular formula is C26H25N5O3S. The Bertz CT molecular complexity index is 1250. The van der Waals surface area contributed by atoms with Crippen molar-refractivity contribution in [2.75, 3.05) is 12.3 Å². The van der Waals surface area contributed by atoms with E-state index in [4.69, 9.17) is 4.98 Å². The largest absolute Gasteiger partial charge is 0.318 e. The number of carbonyl (C=O) groups excluding carboxylic acids is 3. The molecule has 1 saturated carbocycles. The van der Waals surface area contributed by atoms with Crippen molar-refractivity contribution in [2.24, 2.45) is 0 Å². The molecule has 3 amide bonds. The average Bonchev–Trinajstić information content (AvgIpc) is 2.91. The predicted octanol–water partition coefficient (Wildman–Crippen LogP) is 3.49. The SMILES string of the molecule is O=C1CN(C(=O)CSc2nnc(-c3ccccc3)c(-c3ccccc3)n2)C2(CCCCC2)C(=O)N1. The Kier molecular flexibility index (Phi) is 6.59. The molecule has 3 aromatic rings. The molecule has 1 N–H and O–H groups in total. The molecule has 2 fully saturated rings. The fourth-order valence-electron chi connectivity index (χ4n) is 4.82. The Morgan fingerprint density at radius 2 is 1.51 bits per heavy atom. The van der Waals surface area contributed by atoms with E-state index < -0.39 is 11.4 Å². The topological polar surface area (TPSA) is 105 Å². The fraction of sp³-hybridized carbons (Fsp3) is 0.308. The van der Waals surface area contributed by atoms with Crippen LogP contribution in [0.5, 0.6) is 0 Å². The first-order valence-corrected chi connectivity index (χ1v) is 12.7. The second-order valence-corrected chi connectivity index (χ2v) is 9.70. The highest BCUT2D eigenvalue weighted by Crippen LogP contribution is 2.36. The second-order valence-electron chi connectivity index (χ2n) is 8.76. The van der Waals surface area contributed by atoms with Crippen molar-refractivity contribution in [1.82, 2.24) is 25.4 Å². The van der Waals surface area contributed by atoms with Gasteiger partial charge in [0.25, 0.3) is 5.91 Å². The summed E-state index contributed by atoms with van der Waals surface area (Å²) in [7, 11) is 0. The van der Waals surface area contributed by atoms with Crippen molar-refractivity contribution in [3.05, 3.63) is 60.7 Å². The molecule has 1 aromatic heterocycles. The minimum absolute atomic E-state index is 0.0168. The Labute approximate surface area is 207 Å². The van der Waals surface area contributed by atoms with Gasteiger partial charge in [-0.05, 0) is 12.8 Å². The van der Waals surface area contributed by atoms with Crippen molar-refractivity contribution < 1.29 is 14.4 Å². The molecular weight excluding hydrogens is 462 g/mol. The highest BCUT2D eigenvalue weighted by atomic mass is 32.2. The van der Waals surface area contributed by atoms with E-state index in [1.807, 2.05) is 60.7 Å². The summed E-state index contributed by atoms with van der Waals surface area (Å²) in [6.45, 7) is -0.105. The fourth-order valence-corrected chi connectivity index (χ4v) is 5.49. The van der Waals surface area contributed by atoms with Gasteiger partial charge in [0.2, 0.25) is 17.0 Å². The van der Waals surface area contributed by atoms with E-state index in [1.165, 1.54) is 16.7 Å². The number of nitrogens with zero attached hydrogens (tertiary/aromatic N) is 4. The molecule has 0 unspecified atom stereocenters. The first-order chi connectivity index (χ1) is 17.1. The summed E-state index contributed by atoms with van der Waals surface area (Å²) in [5.74, 6) is -1.05. The van der Waals surface area contributed by atoms with Gasteiger partial charge < -0.3 is 4.90 Å². The molecule has 5 rings (SSSR count). The number of carbonyl (C=O) groups is 3. The van der Waals surface area contributed by atoms with E-state index in [2.05, 4.69) is 15.5 Å². The van der Waals surface area contributed by atoms with E-state index in [9.17, 15) is 14.4 Å². The van der Waals surface area contributed by atoms with Crippen LogP contribution in [0.15, 0.2) is 65.8 Å². The van der Waals surface area contributed by atoms with E-state index in [0.29, 0.717) is 29.4 Å². The van der Waals surface area contributed by atoms with Crippen LogP contribution < -0.4 is 5.32 Å². The van der Waals surface area contributed by atoms with Crippen LogP contribution in [0, 0.1) is 0 Å². The maximum absolute atomic E-state index is 13.3. The van der Waals surface area contributed by atoms with Crippen LogP contribution >= 0.6 is 11.8 Å². The van der Waals surface area contributed by atoms with E-state index in [1.54, 1.807) is 0 Å². The zero-order valence-corrected chi connectivity index (χ0v) is 20.0. The number of nitrogens with one attached hydrogen (secondary N) is 1. The maximum atomic E-state index is 13.3. The zero-order valence-electron chi connectivity index (χ0n) is 19.1. The molecule has 1 aliphatic heterocycles. The summed E-state index contributed by atoms with van der Waals surface area (Å²) in [5, 5.41) is 11.5. The number of hydrogen-bond donors (Lipinski definition) is 1. The van der Waals surface area contributed by atoms with Gasteiger partial charge in [-0.3, -0.25) is 19.7 Å². The summed E-state index contributed by atoms with van der Waals surface area (Å²) in [5.41, 5.74) is 2.20. The lowest BCUT2D eigenvalue weighted by atomic mass is 9.78. The summed E-state index contributed by atoms with van der Waals surface area (Å²) in [6.07, 6.45) is 3.88. The Balaban J connectivity index is 1.40. The molecule has 2 aliphatic rings. The Hall–Kier alpha value is -3.59. The number of piperazine rings is 1. The highest BCUT2D eigenvalue weighted by molar-refractivity contribution is 7.99. The quantitative estimate of drug-likeness (QED) is 0.434. The number of amides is 3. The van der Waals surface area contributed by atoms with Gasteiger partial charge in [-0.15, -0.1) is 10.2 Å². The summed E-state index contributed by atoms with van der Waals surface area (Å²) < 4.78 is 0. The van der Waals surface area contributed by atoms with Crippen LogP contribution in [0.2, 0.25) is 0 Å². The Morgan fingerprint density at radius 1 is 0.886 bits per heavy atom. The van der Waals surface area contributed by atoms with Gasteiger partial charge in [0.1, 0.15) is 23.5 Å². The normalized spacial score (nSPS) is 17.3. The first-order valence-electron chi connectivity index (χ1n) is 11.7. The maximum Gasteiger partial charge on any atom is 0.252 e. The van der Waals surface area contributed by atoms with Gasteiger partial charge in [0.05, 0.1) is 5.75 Å². The number of benzene rings is 2. The lowest BCUT2D eigenvalue weighted by molar-refractivity contribution is -0.158. The van der Waals surface area contributed by atoms with E-state index >= 15 is 0 Å². The van der Waals surface area contributed by atoms with E-state index in [0.717, 1.165) is 30.4 Å². The summed E-state index contributed by atoms with van der Waals surface area (Å²) >= 11 is 1.17. The summed E-state index contributed by atoms with van der Waals surface area (Å²) in [4.78, 5) is 44.4. The van der Waals surface area contributed by atoms with Crippen LogP contribution in [0.4, 0.5) is 0 Å². The second kappa shape index (κ2) is 9.95. The monoisotopic (exact) mass is 487 g/mol. The van der Waals surface area contributed by atoms with Gasteiger partial charge in [0.15, 0.2) is 0 Å². The molecule has 0 bridgehead atoms. The number of hydrogen-bond acceptors (Lipinski definition) is 7. The molecule has 1 saturated heterocycles. The number of imide groups is 1. The first kappa shape index (κ1) is 23.2. The van der Waals surface area contributed by atoms with Gasteiger partial charge in [-0.25, -0.2) is 4.98 Å². The molecule has 178 valence electrons. The van der Waals surface area contributed by atoms with Gasteiger partial charge >= 0.3 is 0 Å². The molecule has 8 nitrogen and oxygen atoms in total. The number of thioether (sulfide) groups is 1. The molecule has 1 aliphatic carbocycles. The van der Waals surface area contributed by atoms with Crippen LogP contribution in [-0.2, 0) is 14.4 Å². The summed E-state index contributed by atoms with van der Waals surface area (Å²) in [6, 6.07) is 19.4. The average molecular weight is 488 g/mol. The van der Waals surface area contributed by atoms with Gasteiger partial charge in [-0.1, -0.05) is 91.7 Å². The molecule has 2 aromatic carbocycles. The van der Waals surface area contributed by atoms with Crippen molar-refractivity contribution in [3.63, 3.8) is 0 Å². The van der Waals surface area contributed by atoms with Crippen LogP contribution in [-0.4, -0.2) is 55.6 Å². The van der Waals surface area contributed by atoms with Gasteiger partial charge in [0, 0.05) is 11.1 Å². The highest BCUT2D eigenvalue weighted by Gasteiger charge is 2.50.